The summed E-state index contributed by atoms with van der Waals surface area (Å²) < 4.78 is 2.59. The third kappa shape index (κ3) is 5.04. The summed E-state index contributed by atoms with van der Waals surface area (Å²) in [5.41, 5.74) is 10.7. The van der Waals surface area contributed by atoms with Gasteiger partial charge in [-0.2, -0.15) is 0 Å². The maximum atomic E-state index is 2.42. The quantitative estimate of drug-likeness (QED) is 0.177. The van der Waals surface area contributed by atoms with Gasteiger partial charge in [-0.25, -0.2) is 0 Å². The maximum Gasteiger partial charge on any atom is 0.0554 e. The van der Waals surface area contributed by atoms with E-state index in [2.05, 4.69) is 193 Å². The van der Waals surface area contributed by atoms with Gasteiger partial charge in [0.25, 0.3) is 0 Å². The number of hydrogen-bond donors (Lipinski definition) is 0. The number of fused-ring (bicyclic) bond motifs is 4. The molecule has 0 N–H and O–H groups in total. The van der Waals surface area contributed by atoms with Crippen molar-refractivity contribution in [1.82, 2.24) is 0 Å². The fraction of sp³-hybridized carbons (Fsp3) is 0. The van der Waals surface area contributed by atoms with Crippen LogP contribution in [-0.4, -0.2) is 0 Å². The summed E-state index contributed by atoms with van der Waals surface area (Å²) in [7, 11) is 0. The van der Waals surface area contributed by atoms with Crippen LogP contribution in [0.25, 0.3) is 64.3 Å². The first-order chi connectivity index (χ1) is 23.8. The second-order valence-corrected chi connectivity index (χ2v) is 13.2. The summed E-state index contributed by atoms with van der Waals surface area (Å²) in [5, 5.41) is 5.12. The lowest BCUT2D eigenvalue weighted by Gasteiger charge is -2.28. The molecule has 0 saturated heterocycles. The molecule has 0 saturated carbocycles. The summed E-state index contributed by atoms with van der Waals surface area (Å²) in [4.78, 5) is 2.42. The second kappa shape index (κ2) is 12.0. The van der Waals surface area contributed by atoms with Gasteiger partial charge < -0.3 is 4.90 Å². The highest BCUT2D eigenvalue weighted by Gasteiger charge is 2.20. The fourth-order valence-electron chi connectivity index (χ4n) is 6.92. The molecular formula is C46H31NS. The minimum absolute atomic E-state index is 1.11. The number of anilines is 3. The molecule has 226 valence electrons. The highest BCUT2D eigenvalue weighted by atomic mass is 32.1. The molecule has 0 aliphatic heterocycles. The van der Waals surface area contributed by atoms with Crippen LogP contribution in [0.15, 0.2) is 188 Å². The summed E-state index contributed by atoms with van der Waals surface area (Å²) in [6.07, 6.45) is 0. The molecule has 1 aromatic heterocycles. The van der Waals surface area contributed by atoms with Crippen molar-refractivity contribution in [2.24, 2.45) is 0 Å². The van der Waals surface area contributed by atoms with Crippen LogP contribution in [0, 0.1) is 0 Å². The normalized spacial score (nSPS) is 11.3. The van der Waals surface area contributed by atoms with Gasteiger partial charge >= 0.3 is 0 Å². The minimum Gasteiger partial charge on any atom is -0.310 e. The molecule has 2 heteroatoms. The molecule has 0 unspecified atom stereocenters. The van der Waals surface area contributed by atoms with E-state index >= 15 is 0 Å². The van der Waals surface area contributed by atoms with Crippen molar-refractivity contribution in [3.05, 3.63) is 188 Å². The Bertz CT molecular complexity index is 2530. The summed E-state index contributed by atoms with van der Waals surface area (Å²) >= 11 is 1.86. The van der Waals surface area contributed by atoms with Crippen molar-refractivity contribution in [3.8, 4) is 33.4 Å². The van der Waals surface area contributed by atoms with E-state index in [4.69, 9.17) is 0 Å². The molecule has 1 nitrogen and oxygen atoms in total. The van der Waals surface area contributed by atoms with Crippen molar-refractivity contribution in [2.45, 2.75) is 0 Å². The van der Waals surface area contributed by atoms with Gasteiger partial charge in [-0.05, 0) is 81.1 Å². The first kappa shape index (κ1) is 28.3. The molecule has 9 rings (SSSR count). The second-order valence-electron chi connectivity index (χ2n) is 12.2. The number of benzene rings is 8. The summed E-state index contributed by atoms with van der Waals surface area (Å²) in [5.74, 6) is 0. The van der Waals surface area contributed by atoms with E-state index < -0.39 is 0 Å². The Morgan fingerprint density at radius 2 is 0.875 bits per heavy atom. The SMILES string of the molecule is c1ccc(-c2ccc(N(c3ccc(-c4cccc5ccccc45)cc3)c3cc4sc5ccccc5c4cc3-c3ccccc3)cc2)cc1. The van der Waals surface area contributed by atoms with Crippen LogP contribution in [0.2, 0.25) is 0 Å². The zero-order valence-electron chi connectivity index (χ0n) is 26.3. The molecule has 0 fully saturated rings. The lowest BCUT2D eigenvalue weighted by atomic mass is 9.97. The molecule has 0 amide bonds. The minimum atomic E-state index is 1.11. The van der Waals surface area contributed by atoms with Gasteiger partial charge in [0.15, 0.2) is 0 Å². The Morgan fingerprint density at radius 3 is 1.60 bits per heavy atom. The van der Waals surface area contributed by atoms with Gasteiger partial charge in [-0.1, -0.05) is 146 Å². The molecule has 0 atom stereocenters. The van der Waals surface area contributed by atoms with Crippen LogP contribution in [0.4, 0.5) is 17.1 Å². The highest BCUT2D eigenvalue weighted by molar-refractivity contribution is 7.25. The predicted octanol–water partition coefficient (Wildman–Crippen LogP) is 13.7. The molecule has 0 aliphatic carbocycles. The van der Waals surface area contributed by atoms with Crippen molar-refractivity contribution in [1.29, 1.82) is 0 Å². The molecule has 9 aromatic rings. The van der Waals surface area contributed by atoms with Gasteiger partial charge in [-0.3, -0.25) is 0 Å². The molecule has 8 aromatic carbocycles. The van der Waals surface area contributed by atoms with Gasteiger partial charge in [0, 0.05) is 37.1 Å². The van der Waals surface area contributed by atoms with E-state index in [0.29, 0.717) is 0 Å². The topological polar surface area (TPSA) is 3.24 Å². The average Bonchev–Trinajstić information content (AvgIpc) is 3.53. The van der Waals surface area contributed by atoms with Crippen LogP contribution in [0.3, 0.4) is 0 Å². The molecule has 0 spiro atoms. The van der Waals surface area contributed by atoms with E-state index in [-0.39, 0.29) is 0 Å². The molecule has 48 heavy (non-hydrogen) atoms. The first-order valence-corrected chi connectivity index (χ1v) is 17.2. The number of rotatable bonds is 6. The Kier molecular flexibility index (Phi) is 7.07. The maximum absolute atomic E-state index is 2.42. The smallest absolute Gasteiger partial charge is 0.0554 e. The summed E-state index contributed by atoms with van der Waals surface area (Å²) in [6, 6.07) is 68.2. The van der Waals surface area contributed by atoms with Gasteiger partial charge in [0.1, 0.15) is 0 Å². The van der Waals surface area contributed by atoms with Crippen LogP contribution in [-0.2, 0) is 0 Å². The Hall–Kier alpha value is -5.96. The van der Waals surface area contributed by atoms with Gasteiger partial charge in [-0.15, -0.1) is 11.3 Å². The Balaban J connectivity index is 1.25. The van der Waals surface area contributed by atoms with E-state index in [1.165, 1.54) is 64.3 Å². The van der Waals surface area contributed by atoms with Crippen LogP contribution >= 0.6 is 11.3 Å². The zero-order chi connectivity index (χ0) is 31.9. The van der Waals surface area contributed by atoms with Gasteiger partial charge in [0.05, 0.1) is 5.69 Å². The van der Waals surface area contributed by atoms with E-state index in [0.717, 1.165) is 17.1 Å². The van der Waals surface area contributed by atoms with E-state index in [1.54, 1.807) is 0 Å². The van der Waals surface area contributed by atoms with Crippen LogP contribution < -0.4 is 4.90 Å². The molecule has 0 aliphatic rings. The van der Waals surface area contributed by atoms with Crippen molar-refractivity contribution < 1.29 is 0 Å². The fourth-order valence-corrected chi connectivity index (χ4v) is 8.04. The molecular weight excluding hydrogens is 599 g/mol. The largest absolute Gasteiger partial charge is 0.310 e. The van der Waals surface area contributed by atoms with E-state index in [1.807, 2.05) is 11.3 Å². The van der Waals surface area contributed by atoms with Crippen molar-refractivity contribution in [3.63, 3.8) is 0 Å². The van der Waals surface area contributed by atoms with Crippen LogP contribution in [0.1, 0.15) is 0 Å². The lowest BCUT2D eigenvalue weighted by molar-refractivity contribution is 1.29. The lowest BCUT2D eigenvalue weighted by Crippen LogP contribution is -2.11. The monoisotopic (exact) mass is 629 g/mol. The Morgan fingerprint density at radius 1 is 0.333 bits per heavy atom. The third-order valence-electron chi connectivity index (χ3n) is 9.28. The van der Waals surface area contributed by atoms with Crippen molar-refractivity contribution in [2.75, 3.05) is 4.90 Å². The predicted molar refractivity (Wildman–Crippen MR) is 208 cm³/mol. The molecule has 1 heterocycles. The Labute approximate surface area is 284 Å². The number of hydrogen-bond acceptors (Lipinski definition) is 2. The number of nitrogens with zero attached hydrogens (tertiary/aromatic N) is 1. The molecule has 0 bridgehead atoms. The first-order valence-electron chi connectivity index (χ1n) is 16.3. The highest BCUT2D eigenvalue weighted by Crippen LogP contribution is 2.46. The molecule has 0 radical (unpaired) electrons. The zero-order valence-corrected chi connectivity index (χ0v) is 27.1. The van der Waals surface area contributed by atoms with Crippen LogP contribution in [0.5, 0.6) is 0 Å². The third-order valence-corrected chi connectivity index (χ3v) is 10.4. The van der Waals surface area contributed by atoms with E-state index in [9.17, 15) is 0 Å². The average molecular weight is 630 g/mol. The standard InChI is InChI=1S/C46H31NS/c1-3-12-32(13-4-1)33-22-26-37(27-23-33)47(38-28-24-36(25-29-38)40-20-11-17-34-16-7-8-18-39(34)40)44-31-46-43(41-19-9-10-21-45(41)48-46)30-42(44)35-14-5-2-6-15-35/h1-31H. The summed E-state index contributed by atoms with van der Waals surface area (Å²) in [6.45, 7) is 0. The van der Waals surface area contributed by atoms with Crippen molar-refractivity contribution >= 4 is 59.3 Å². The number of thiophene rings is 1. The van der Waals surface area contributed by atoms with Gasteiger partial charge in [0.2, 0.25) is 0 Å².